The fraction of sp³-hybridized carbons (Fsp3) is 0.650. The minimum atomic E-state index is -0.482. The van der Waals surface area contributed by atoms with Crippen LogP contribution in [-0.4, -0.2) is 45.0 Å². The smallest absolute Gasteiger partial charge is 0.237 e. The molecule has 0 spiro atoms. The Kier molecular flexibility index (Phi) is 8.83. The van der Waals surface area contributed by atoms with Crippen LogP contribution < -0.4 is 15.8 Å². The molecule has 1 aromatic carbocycles. The second kappa shape index (κ2) is 10.9. The van der Waals surface area contributed by atoms with Gasteiger partial charge in [0.15, 0.2) is 0 Å². The first kappa shape index (κ1) is 22.0. The van der Waals surface area contributed by atoms with Gasteiger partial charge in [0.1, 0.15) is 5.75 Å². The molecular weight excluding hydrogens is 368 g/mol. The predicted molar refractivity (Wildman–Crippen MR) is 106 cm³/mol. The van der Waals surface area contributed by atoms with Crippen LogP contribution >= 0.6 is 12.4 Å². The normalized spacial score (nSPS) is 21.3. The fourth-order valence-electron chi connectivity index (χ4n) is 3.45. The number of nitrogens with one attached hydrogen (secondary N) is 1. The number of benzene rings is 1. The summed E-state index contributed by atoms with van der Waals surface area (Å²) in [6, 6.07) is 5.58. The summed E-state index contributed by atoms with van der Waals surface area (Å²) >= 11 is 0. The summed E-state index contributed by atoms with van der Waals surface area (Å²) in [5.41, 5.74) is 8.26. The number of carbonyl (C=O) groups is 1. The zero-order valence-electron chi connectivity index (χ0n) is 15.9. The molecule has 2 atom stereocenters. The third-order valence-corrected chi connectivity index (χ3v) is 5.25. The minimum absolute atomic E-state index is 0. The lowest BCUT2D eigenvalue weighted by atomic mass is 9.92. The summed E-state index contributed by atoms with van der Waals surface area (Å²) in [6.45, 7) is 6.05. The maximum atomic E-state index is 12.4. The van der Waals surface area contributed by atoms with Crippen molar-refractivity contribution in [1.82, 2.24) is 5.32 Å². The molecule has 27 heavy (non-hydrogen) atoms. The van der Waals surface area contributed by atoms with Gasteiger partial charge in [0.2, 0.25) is 5.91 Å². The molecule has 0 aliphatic carbocycles. The van der Waals surface area contributed by atoms with E-state index < -0.39 is 6.04 Å². The van der Waals surface area contributed by atoms with Gasteiger partial charge in [-0.1, -0.05) is 12.1 Å². The number of halogens is 1. The summed E-state index contributed by atoms with van der Waals surface area (Å²) in [5.74, 6) is 1.37. The first-order chi connectivity index (χ1) is 12.6. The van der Waals surface area contributed by atoms with Crippen LogP contribution in [-0.2, 0) is 20.8 Å². The Morgan fingerprint density at radius 2 is 2.00 bits per heavy atom. The second-order valence-electron chi connectivity index (χ2n) is 7.35. The highest BCUT2D eigenvalue weighted by molar-refractivity contribution is 5.85. The molecule has 1 aromatic rings. The first-order valence-electron chi connectivity index (χ1n) is 9.54. The maximum Gasteiger partial charge on any atom is 0.237 e. The number of amides is 1. The van der Waals surface area contributed by atoms with E-state index >= 15 is 0 Å². The van der Waals surface area contributed by atoms with E-state index in [4.69, 9.17) is 19.9 Å². The third kappa shape index (κ3) is 6.35. The van der Waals surface area contributed by atoms with Gasteiger partial charge >= 0.3 is 0 Å². The quantitative estimate of drug-likeness (QED) is 0.735. The van der Waals surface area contributed by atoms with Gasteiger partial charge in [-0.3, -0.25) is 4.79 Å². The van der Waals surface area contributed by atoms with E-state index in [1.54, 1.807) is 0 Å². The lowest BCUT2D eigenvalue weighted by Gasteiger charge is -2.26. The number of nitrogens with two attached hydrogens (primary N) is 1. The highest BCUT2D eigenvalue weighted by atomic mass is 35.5. The standard InChI is InChI=1S/C20H30N2O4.ClH/c1-14-2-3-17(18(10-14)26-13-15-4-7-25-12-15)11-22-20(23)19(21)16-5-8-24-9-6-16;/h2-3,10,15-16,19H,4-9,11-13,21H2,1H3,(H,22,23);1H. The van der Waals surface area contributed by atoms with Crippen molar-refractivity contribution in [1.29, 1.82) is 0 Å². The molecule has 0 radical (unpaired) electrons. The number of rotatable bonds is 7. The van der Waals surface area contributed by atoms with Crippen LogP contribution in [0, 0.1) is 18.8 Å². The van der Waals surface area contributed by atoms with Gasteiger partial charge < -0.3 is 25.3 Å². The summed E-state index contributed by atoms with van der Waals surface area (Å²) in [7, 11) is 0. The summed E-state index contributed by atoms with van der Waals surface area (Å²) in [4.78, 5) is 12.4. The predicted octanol–water partition coefficient (Wildman–Crippen LogP) is 2.20. The minimum Gasteiger partial charge on any atom is -0.493 e. The number of carbonyl (C=O) groups excluding carboxylic acids is 1. The van der Waals surface area contributed by atoms with Crippen molar-refractivity contribution >= 4 is 18.3 Å². The third-order valence-electron chi connectivity index (χ3n) is 5.25. The van der Waals surface area contributed by atoms with Crippen LogP contribution in [0.1, 0.15) is 30.4 Å². The first-order valence-corrected chi connectivity index (χ1v) is 9.54. The molecule has 2 unspecified atom stereocenters. The van der Waals surface area contributed by atoms with Gasteiger partial charge in [0, 0.05) is 37.8 Å². The van der Waals surface area contributed by atoms with Crippen molar-refractivity contribution in [2.75, 3.05) is 33.0 Å². The van der Waals surface area contributed by atoms with Gasteiger partial charge in [0.25, 0.3) is 0 Å². The number of hydrogen-bond acceptors (Lipinski definition) is 5. The topological polar surface area (TPSA) is 82.8 Å². The molecular formula is C20H31ClN2O4. The van der Waals surface area contributed by atoms with Gasteiger partial charge in [-0.05, 0) is 43.7 Å². The number of aryl methyl sites for hydroxylation is 1. The van der Waals surface area contributed by atoms with Crippen LogP contribution in [0.2, 0.25) is 0 Å². The molecule has 2 saturated heterocycles. The molecule has 1 amide bonds. The monoisotopic (exact) mass is 398 g/mol. The van der Waals surface area contributed by atoms with E-state index in [1.165, 1.54) is 0 Å². The summed E-state index contributed by atoms with van der Waals surface area (Å²) in [6.07, 6.45) is 2.73. The zero-order valence-corrected chi connectivity index (χ0v) is 16.8. The summed E-state index contributed by atoms with van der Waals surface area (Å²) < 4.78 is 16.8. The molecule has 3 N–H and O–H groups in total. The molecule has 2 aliphatic rings. The van der Waals surface area contributed by atoms with Crippen molar-refractivity contribution < 1.29 is 19.0 Å². The molecule has 2 heterocycles. The van der Waals surface area contributed by atoms with E-state index in [-0.39, 0.29) is 24.2 Å². The van der Waals surface area contributed by atoms with Gasteiger partial charge in [-0.15, -0.1) is 12.4 Å². The molecule has 0 saturated carbocycles. The molecule has 0 aromatic heterocycles. The van der Waals surface area contributed by atoms with Crippen LogP contribution in [0.3, 0.4) is 0 Å². The lowest BCUT2D eigenvalue weighted by molar-refractivity contribution is -0.124. The van der Waals surface area contributed by atoms with E-state index in [0.717, 1.165) is 49.4 Å². The van der Waals surface area contributed by atoms with Crippen molar-refractivity contribution in [3.63, 3.8) is 0 Å². The van der Waals surface area contributed by atoms with E-state index in [9.17, 15) is 4.79 Å². The number of hydrogen-bond donors (Lipinski definition) is 2. The largest absolute Gasteiger partial charge is 0.493 e. The molecule has 6 nitrogen and oxygen atoms in total. The lowest BCUT2D eigenvalue weighted by Crippen LogP contribution is -2.46. The molecule has 2 aliphatic heterocycles. The van der Waals surface area contributed by atoms with Crippen LogP contribution in [0.15, 0.2) is 18.2 Å². The Bertz CT molecular complexity index is 602. The van der Waals surface area contributed by atoms with Crippen molar-refractivity contribution in [3.8, 4) is 5.75 Å². The highest BCUT2D eigenvalue weighted by Gasteiger charge is 2.26. The molecule has 152 valence electrons. The van der Waals surface area contributed by atoms with E-state index in [2.05, 4.69) is 5.32 Å². The van der Waals surface area contributed by atoms with Crippen molar-refractivity contribution in [2.45, 2.75) is 38.8 Å². The average Bonchev–Trinajstić information content (AvgIpc) is 3.19. The second-order valence-corrected chi connectivity index (χ2v) is 7.35. The fourth-order valence-corrected chi connectivity index (χ4v) is 3.45. The highest BCUT2D eigenvalue weighted by Crippen LogP contribution is 2.23. The molecule has 2 fully saturated rings. The SMILES string of the molecule is Cc1ccc(CNC(=O)C(N)C2CCOCC2)c(OCC2CCOC2)c1.Cl. The van der Waals surface area contributed by atoms with Gasteiger partial charge in [-0.2, -0.15) is 0 Å². The maximum absolute atomic E-state index is 12.4. The Hall–Kier alpha value is -1.34. The average molecular weight is 399 g/mol. The van der Waals surface area contributed by atoms with Gasteiger partial charge in [-0.25, -0.2) is 0 Å². The molecule has 3 rings (SSSR count). The Balaban J connectivity index is 0.00000261. The van der Waals surface area contributed by atoms with Crippen LogP contribution in [0.25, 0.3) is 0 Å². The Labute approximate surface area is 167 Å². The molecule has 0 bridgehead atoms. The summed E-state index contributed by atoms with van der Waals surface area (Å²) in [5, 5.41) is 2.97. The zero-order chi connectivity index (χ0) is 18.4. The van der Waals surface area contributed by atoms with Crippen molar-refractivity contribution in [3.05, 3.63) is 29.3 Å². The van der Waals surface area contributed by atoms with Gasteiger partial charge in [0.05, 0.1) is 19.3 Å². The van der Waals surface area contributed by atoms with Crippen LogP contribution in [0.4, 0.5) is 0 Å². The van der Waals surface area contributed by atoms with Crippen molar-refractivity contribution in [2.24, 2.45) is 17.6 Å². The molecule has 7 heteroatoms. The van der Waals surface area contributed by atoms with E-state index in [0.29, 0.717) is 32.3 Å². The Morgan fingerprint density at radius 3 is 2.70 bits per heavy atom. The number of ether oxygens (including phenoxy) is 3. The van der Waals surface area contributed by atoms with E-state index in [1.807, 2.05) is 25.1 Å². The van der Waals surface area contributed by atoms with Crippen LogP contribution in [0.5, 0.6) is 5.75 Å². The Morgan fingerprint density at radius 1 is 1.26 bits per heavy atom.